The van der Waals surface area contributed by atoms with Crippen LogP contribution >= 0.6 is 0 Å². The number of nitrogens with zero attached hydrogens (tertiary/aromatic N) is 1. The quantitative estimate of drug-likeness (QED) is 0.880. The van der Waals surface area contributed by atoms with Gasteiger partial charge in [0.15, 0.2) is 0 Å². The number of nitriles is 1. The molecule has 0 fully saturated rings. The molecule has 0 aliphatic heterocycles. The molecule has 0 amide bonds. The first-order valence-electron chi connectivity index (χ1n) is 7.03. The van der Waals surface area contributed by atoms with Gasteiger partial charge in [-0.3, -0.25) is 0 Å². The van der Waals surface area contributed by atoms with Crippen molar-refractivity contribution in [2.24, 2.45) is 0 Å². The molecule has 3 heteroatoms. The second-order valence-corrected chi connectivity index (χ2v) is 5.04. The molecule has 1 N–H and O–H groups in total. The standard InChI is InChI=1S/C18H20N2O/c1-14(16-9-5-6-15(10-16)11-19)20-12-17-7-3-4-8-18(17)13-21-2/h3-10,14,20H,12-13H2,1-2H3. The van der Waals surface area contributed by atoms with Gasteiger partial charge in [0.2, 0.25) is 0 Å². The fourth-order valence-electron chi connectivity index (χ4n) is 2.28. The van der Waals surface area contributed by atoms with Crippen molar-refractivity contribution in [3.63, 3.8) is 0 Å². The second-order valence-electron chi connectivity index (χ2n) is 5.04. The molecule has 1 unspecified atom stereocenters. The lowest BCUT2D eigenvalue weighted by Crippen LogP contribution is -2.19. The molecule has 0 saturated carbocycles. The molecule has 0 aromatic heterocycles. The van der Waals surface area contributed by atoms with E-state index >= 15 is 0 Å². The van der Waals surface area contributed by atoms with Crippen LogP contribution in [0, 0.1) is 11.3 Å². The molecule has 108 valence electrons. The Morgan fingerprint density at radius 3 is 2.62 bits per heavy atom. The summed E-state index contributed by atoms with van der Waals surface area (Å²) < 4.78 is 5.23. The highest BCUT2D eigenvalue weighted by atomic mass is 16.5. The maximum atomic E-state index is 8.96. The zero-order valence-corrected chi connectivity index (χ0v) is 12.5. The second kappa shape index (κ2) is 7.58. The van der Waals surface area contributed by atoms with Crippen LogP contribution in [0.4, 0.5) is 0 Å². The summed E-state index contributed by atoms with van der Waals surface area (Å²) in [5.41, 5.74) is 4.26. The van der Waals surface area contributed by atoms with E-state index in [0.29, 0.717) is 12.2 Å². The van der Waals surface area contributed by atoms with Gasteiger partial charge in [-0.15, -0.1) is 0 Å². The Hall–Kier alpha value is -2.15. The van der Waals surface area contributed by atoms with Crippen LogP contribution in [0.25, 0.3) is 0 Å². The summed E-state index contributed by atoms with van der Waals surface area (Å²) >= 11 is 0. The van der Waals surface area contributed by atoms with Crippen LogP contribution in [0.5, 0.6) is 0 Å². The molecule has 2 aromatic carbocycles. The van der Waals surface area contributed by atoms with Gasteiger partial charge in [0, 0.05) is 19.7 Å². The van der Waals surface area contributed by atoms with Crippen LogP contribution in [-0.2, 0) is 17.9 Å². The molecule has 2 rings (SSSR count). The highest BCUT2D eigenvalue weighted by Gasteiger charge is 2.07. The molecular weight excluding hydrogens is 260 g/mol. The maximum Gasteiger partial charge on any atom is 0.0991 e. The summed E-state index contributed by atoms with van der Waals surface area (Å²) in [7, 11) is 1.71. The highest BCUT2D eigenvalue weighted by Crippen LogP contribution is 2.16. The molecule has 0 saturated heterocycles. The third-order valence-corrected chi connectivity index (χ3v) is 3.53. The van der Waals surface area contributed by atoms with Crippen LogP contribution in [0.15, 0.2) is 48.5 Å². The first kappa shape index (κ1) is 15.2. The molecule has 2 aromatic rings. The van der Waals surface area contributed by atoms with E-state index in [1.54, 1.807) is 7.11 Å². The molecule has 0 aliphatic carbocycles. The van der Waals surface area contributed by atoms with Crippen LogP contribution in [0.3, 0.4) is 0 Å². The molecule has 0 bridgehead atoms. The normalized spacial score (nSPS) is 11.9. The Morgan fingerprint density at radius 2 is 1.90 bits per heavy atom. The van der Waals surface area contributed by atoms with Gasteiger partial charge in [-0.25, -0.2) is 0 Å². The van der Waals surface area contributed by atoms with E-state index < -0.39 is 0 Å². The number of hydrogen-bond donors (Lipinski definition) is 1. The first-order valence-corrected chi connectivity index (χ1v) is 7.03. The van der Waals surface area contributed by atoms with E-state index in [-0.39, 0.29) is 6.04 Å². The summed E-state index contributed by atoms with van der Waals surface area (Å²) in [6.45, 7) is 3.50. The van der Waals surface area contributed by atoms with Gasteiger partial charge in [0.1, 0.15) is 0 Å². The SMILES string of the molecule is COCc1ccccc1CNC(C)c1cccc(C#N)c1. The van der Waals surface area contributed by atoms with Gasteiger partial charge in [-0.2, -0.15) is 5.26 Å². The van der Waals surface area contributed by atoms with E-state index in [0.717, 1.165) is 12.1 Å². The van der Waals surface area contributed by atoms with E-state index in [1.165, 1.54) is 11.1 Å². The predicted octanol–water partition coefficient (Wildman–Crippen LogP) is 3.56. The first-order chi connectivity index (χ1) is 10.2. The van der Waals surface area contributed by atoms with Gasteiger partial charge in [-0.05, 0) is 35.7 Å². The maximum absolute atomic E-state index is 8.96. The zero-order valence-electron chi connectivity index (χ0n) is 12.5. The average Bonchev–Trinajstić information content (AvgIpc) is 2.54. The van der Waals surface area contributed by atoms with Crippen molar-refractivity contribution in [3.05, 3.63) is 70.8 Å². The monoisotopic (exact) mass is 280 g/mol. The summed E-state index contributed by atoms with van der Waals surface area (Å²) in [5, 5.41) is 12.5. The van der Waals surface area contributed by atoms with Gasteiger partial charge in [0.05, 0.1) is 18.2 Å². The van der Waals surface area contributed by atoms with E-state index in [4.69, 9.17) is 10.00 Å². The van der Waals surface area contributed by atoms with Crippen molar-refractivity contribution >= 4 is 0 Å². The zero-order chi connectivity index (χ0) is 15.1. The number of methoxy groups -OCH3 is 1. The summed E-state index contributed by atoms with van der Waals surface area (Å²) in [6, 6.07) is 18.3. The van der Waals surface area contributed by atoms with Crippen molar-refractivity contribution < 1.29 is 4.74 Å². The Balaban J connectivity index is 2.04. The number of benzene rings is 2. The lowest BCUT2D eigenvalue weighted by atomic mass is 10.0. The number of ether oxygens (including phenoxy) is 1. The average molecular weight is 280 g/mol. The molecule has 3 nitrogen and oxygen atoms in total. The highest BCUT2D eigenvalue weighted by molar-refractivity contribution is 5.34. The minimum Gasteiger partial charge on any atom is -0.380 e. The van der Waals surface area contributed by atoms with Gasteiger partial charge < -0.3 is 10.1 Å². The fraction of sp³-hybridized carbons (Fsp3) is 0.278. The van der Waals surface area contributed by atoms with Gasteiger partial charge >= 0.3 is 0 Å². The summed E-state index contributed by atoms with van der Waals surface area (Å²) in [5.74, 6) is 0. The van der Waals surface area contributed by atoms with Crippen molar-refractivity contribution in [2.45, 2.75) is 26.1 Å². The van der Waals surface area contributed by atoms with Crippen LogP contribution in [0.2, 0.25) is 0 Å². The number of rotatable bonds is 6. The Kier molecular flexibility index (Phi) is 5.51. The molecular formula is C18H20N2O. The number of hydrogen-bond acceptors (Lipinski definition) is 3. The third-order valence-electron chi connectivity index (χ3n) is 3.53. The summed E-state index contributed by atoms with van der Waals surface area (Å²) in [4.78, 5) is 0. The topological polar surface area (TPSA) is 45.0 Å². The van der Waals surface area contributed by atoms with Crippen molar-refractivity contribution in [1.82, 2.24) is 5.32 Å². The minimum absolute atomic E-state index is 0.189. The van der Waals surface area contributed by atoms with Crippen LogP contribution in [0.1, 0.15) is 35.2 Å². The molecule has 0 aliphatic rings. The van der Waals surface area contributed by atoms with Crippen LogP contribution in [-0.4, -0.2) is 7.11 Å². The van der Waals surface area contributed by atoms with E-state index in [9.17, 15) is 0 Å². The fourth-order valence-corrected chi connectivity index (χ4v) is 2.28. The van der Waals surface area contributed by atoms with Crippen molar-refractivity contribution in [1.29, 1.82) is 5.26 Å². The van der Waals surface area contributed by atoms with Gasteiger partial charge in [0.25, 0.3) is 0 Å². The molecule has 21 heavy (non-hydrogen) atoms. The molecule has 1 atom stereocenters. The molecule has 0 heterocycles. The smallest absolute Gasteiger partial charge is 0.0991 e. The number of nitrogens with one attached hydrogen (secondary N) is 1. The lowest BCUT2D eigenvalue weighted by molar-refractivity contribution is 0.184. The molecule has 0 spiro atoms. The summed E-state index contributed by atoms with van der Waals surface area (Å²) in [6.07, 6.45) is 0. The van der Waals surface area contributed by atoms with E-state index in [2.05, 4.69) is 30.4 Å². The lowest BCUT2D eigenvalue weighted by Gasteiger charge is -2.16. The molecule has 0 radical (unpaired) electrons. The Bertz CT molecular complexity index is 631. The largest absolute Gasteiger partial charge is 0.380 e. The van der Waals surface area contributed by atoms with Crippen molar-refractivity contribution in [3.8, 4) is 6.07 Å². The van der Waals surface area contributed by atoms with E-state index in [1.807, 2.05) is 36.4 Å². The Morgan fingerprint density at radius 1 is 1.14 bits per heavy atom. The third kappa shape index (κ3) is 4.16. The Labute approximate surface area is 126 Å². The van der Waals surface area contributed by atoms with Crippen molar-refractivity contribution in [2.75, 3.05) is 7.11 Å². The minimum atomic E-state index is 0.189. The van der Waals surface area contributed by atoms with Crippen LogP contribution < -0.4 is 5.32 Å². The predicted molar refractivity (Wildman–Crippen MR) is 83.6 cm³/mol. The van der Waals surface area contributed by atoms with Gasteiger partial charge in [-0.1, -0.05) is 36.4 Å².